The van der Waals surface area contributed by atoms with Gasteiger partial charge in [-0.25, -0.2) is 0 Å². The van der Waals surface area contributed by atoms with Crippen molar-refractivity contribution in [3.63, 3.8) is 0 Å². The number of carbonyl (C=O) groups excluding carboxylic acids is 1. The smallest absolute Gasteiger partial charge is 0.223 e. The van der Waals surface area contributed by atoms with E-state index < -0.39 is 0 Å². The monoisotopic (exact) mass is 281 g/mol. The number of carbonyl (C=O) groups is 1. The highest BCUT2D eigenvalue weighted by molar-refractivity contribution is 5.79. The van der Waals surface area contributed by atoms with Gasteiger partial charge in [0, 0.05) is 31.1 Å². The van der Waals surface area contributed by atoms with Crippen LogP contribution in [-0.2, 0) is 4.79 Å². The summed E-state index contributed by atoms with van der Waals surface area (Å²) in [5.41, 5.74) is 6.03. The molecule has 1 amide bonds. The lowest BCUT2D eigenvalue weighted by Gasteiger charge is -2.35. The van der Waals surface area contributed by atoms with Gasteiger partial charge in [-0.15, -0.1) is 0 Å². The molecule has 1 saturated heterocycles. The summed E-state index contributed by atoms with van der Waals surface area (Å²) in [6, 6.07) is 0.679. The van der Waals surface area contributed by atoms with Crippen LogP contribution in [0.4, 0.5) is 0 Å². The van der Waals surface area contributed by atoms with E-state index in [0.29, 0.717) is 12.0 Å². The Kier molecular flexibility index (Phi) is 5.85. The first kappa shape index (κ1) is 15.8. The Morgan fingerprint density at radius 3 is 2.55 bits per heavy atom. The van der Waals surface area contributed by atoms with Crippen LogP contribution in [0, 0.1) is 11.8 Å². The number of rotatable bonds is 4. The van der Waals surface area contributed by atoms with Crippen LogP contribution < -0.4 is 11.1 Å². The predicted molar refractivity (Wildman–Crippen MR) is 82.4 cm³/mol. The summed E-state index contributed by atoms with van der Waals surface area (Å²) < 4.78 is 0. The Labute approximate surface area is 123 Å². The fourth-order valence-electron chi connectivity index (χ4n) is 3.59. The Morgan fingerprint density at radius 2 is 1.95 bits per heavy atom. The maximum absolute atomic E-state index is 12.4. The number of amides is 1. The maximum atomic E-state index is 12.4. The molecule has 3 N–H and O–H groups in total. The Balaban J connectivity index is 1.72. The lowest BCUT2D eigenvalue weighted by molar-refractivity contribution is -0.127. The van der Waals surface area contributed by atoms with Gasteiger partial charge in [0.1, 0.15) is 0 Å². The lowest BCUT2D eigenvalue weighted by atomic mass is 9.79. The van der Waals surface area contributed by atoms with Crippen molar-refractivity contribution in [2.24, 2.45) is 17.6 Å². The summed E-state index contributed by atoms with van der Waals surface area (Å²) in [6.07, 6.45) is 6.35. The first-order valence-electron chi connectivity index (χ1n) is 8.38. The van der Waals surface area contributed by atoms with E-state index in [2.05, 4.69) is 24.1 Å². The molecule has 3 unspecified atom stereocenters. The number of nitrogens with zero attached hydrogens (tertiary/aromatic N) is 1. The molecule has 1 aliphatic heterocycles. The summed E-state index contributed by atoms with van der Waals surface area (Å²) >= 11 is 0. The van der Waals surface area contributed by atoms with Gasteiger partial charge in [-0.1, -0.05) is 13.8 Å². The molecule has 4 nitrogen and oxygen atoms in total. The van der Waals surface area contributed by atoms with Crippen molar-refractivity contribution in [3.8, 4) is 0 Å². The maximum Gasteiger partial charge on any atom is 0.223 e. The van der Waals surface area contributed by atoms with Crippen LogP contribution in [0.1, 0.15) is 52.4 Å². The zero-order valence-electron chi connectivity index (χ0n) is 13.1. The molecule has 2 fully saturated rings. The third-order valence-electron chi connectivity index (χ3n) is 5.08. The van der Waals surface area contributed by atoms with E-state index in [4.69, 9.17) is 5.73 Å². The lowest BCUT2D eigenvalue weighted by Crippen LogP contribution is -2.48. The summed E-state index contributed by atoms with van der Waals surface area (Å²) in [6.45, 7) is 7.85. The van der Waals surface area contributed by atoms with Gasteiger partial charge >= 0.3 is 0 Å². The molecule has 0 radical (unpaired) electrons. The fraction of sp³-hybridized carbons (Fsp3) is 0.938. The normalized spacial score (nSPS) is 33.0. The van der Waals surface area contributed by atoms with E-state index in [1.807, 2.05) is 0 Å². The second-order valence-corrected chi connectivity index (χ2v) is 6.78. The number of hydrogen-bond donors (Lipinski definition) is 2. The zero-order valence-corrected chi connectivity index (χ0v) is 13.1. The molecule has 0 aromatic rings. The Hall–Kier alpha value is -0.610. The van der Waals surface area contributed by atoms with Gasteiger partial charge < -0.3 is 16.0 Å². The highest BCUT2D eigenvalue weighted by atomic mass is 16.1. The van der Waals surface area contributed by atoms with Gasteiger partial charge in [-0.05, 0) is 51.0 Å². The van der Waals surface area contributed by atoms with Crippen LogP contribution in [0.3, 0.4) is 0 Å². The minimum atomic E-state index is 0.193. The molecule has 116 valence electrons. The van der Waals surface area contributed by atoms with Crippen LogP contribution in [0.15, 0.2) is 0 Å². The topological polar surface area (TPSA) is 58.4 Å². The van der Waals surface area contributed by atoms with Crippen LogP contribution in [0.5, 0.6) is 0 Å². The second kappa shape index (κ2) is 7.41. The van der Waals surface area contributed by atoms with Crippen molar-refractivity contribution in [3.05, 3.63) is 0 Å². The van der Waals surface area contributed by atoms with Crippen molar-refractivity contribution in [2.75, 3.05) is 19.6 Å². The molecule has 1 heterocycles. The first-order valence-corrected chi connectivity index (χ1v) is 8.38. The van der Waals surface area contributed by atoms with Gasteiger partial charge in [-0.2, -0.15) is 0 Å². The van der Waals surface area contributed by atoms with Gasteiger partial charge in [0.2, 0.25) is 5.91 Å². The van der Waals surface area contributed by atoms with Gasteiger partial charge in [0.15, 0.2) is 0 Å². The molecule has 0 bridgehead atoms. The average molecular weight is 281 g/mol. The molecular formula is C16H31N3O. The first-order chi connectivity index (χ1) is 9.60. The molecular weight excluding hydrogens is 250 g/mol. The molecule has 0 aromatic heterocycles. The molecule has 1 aliphatic carbocycles. The van der Waals surface area contributed by atoms with E-state index in [1.54, 1.807) is 0 Å². The fourth-order valence-corrected chi connectivity index (χ4v) is 3.59. The SMILES string of the molecule is CCCN1CCC(NC(=O)C2CCC(N)C(C)C2)CC1. The average Bonchev–Trinajstić information content (AvgIpc) is 2.44. The molecule has 0 aromatic carbocycles. The molecule has 20 heavy (non-hydrogen) atoms. The second-order valence-electron chi connectivity index (χ2n) is 6.78. The van der Waals surface area contributed by atoms with E-state index in [1.165, 1.54) is 13.0 Å². The minimum absolute atomic E-state index is 0.193. The van der Waals surface area contributed by atoms with Crippen LogP contribution in [0.25, 0.3) is 0 Å². The Bertz CT molecular complexity index is 313. The van der Waals surface area contributed by atoms with Crippen molar-refractivity contribution in [2.45, 2.75) is 64.5 Å². The third kappa shape index (κ3) is 4.19. The molecule has 0 spiro atoms. The zero-order chi connectivity index (χ0) is 14.5. The van der Waals surface area contributed by atoms with Crippen molar-refractivity contribution in [1.82, 2.24) is 10.2 Å². The number of likely N-dealkylation sites (tertiary alicyclic amines) is 1. The van der Waals surface area contributed by atoms with Crippen molar-refractivity contribution < 1.29 is 4.79 Å². The summed E-state index contributed by atoms with van der Waals surface area (Å²) in [4.78, 5) is 14.9. The Morgan fingerprint density at radius 1 is 1.25 bits per heavy atom. The highest BCUT2D eigenvalue weighted by Gasteiger charge is 2.31. The minimum Gasteiger partial charge on any atom is -0.353 e. The van der Waals surface area contributed by atoms with E-state index in [0.717, 1.165) is 45.2 Å². The van der Waals surface area contributed by atoms with E-state index in [-0.39, 0.29) is 17.9 Å². The molecule has 2 aliphatic rings. The molecule has 4 heteroatoms. The largest absolute Gasteiger partial charge is 0.353 e. The highest BCUT2D eigenvalue weighted by Crippen LogP contribution is 2.28. The summed E-state index contributed by atoms with van der Waals surface area (Å²) in [5, 5.41) is 3.28. The number of hydrogen-bond acceptors (Lipinski definition) is 3. The number of nitrogens with two attached hydrogens (primary N) is 1. The third-order valence-corrected chi connectivity index (χ3v) is 5.08. The van der Waals surface area contributed by atoms with Crippen LogP contribution >= 0.6 is 0 Å². The van der Waals surface area contributed by atoms with Crippen LogP contribution in [0.2, 0.25) is 0 Å². The van der Waals surface area contributed by atoms with Crippen LogP contribution in [-0.4, -0.2) is 42.5 Å². The van der Waals surface area contributed by atoms with Gasteiger partial charge in [-0.3, -0.25) is 4.79 Å². The van der Waals surface area contributed by atoms with Gasteiger partial charge in [0.25, 0.3) is 0 Å². The quantitative estimate of drug-likeness (QED) is 0.825. The van der Waals surface area contributed by atoms with E-state index >= 15 is 0 Å². The van der Waals surface area contributed by atoms with Gasteiger partial charge in [0.05, 0.1) is 0 Å². The predicted octanol–water partition coefficient (Wildman–Crippen LogP) is 1.74. The van der Waals surface area contributed by atoms with Crippen molar-refractivity contribution in [1.29, 1.82) is 0 Å². The summed E-state index contributed by atoms with van der Waals surface area (Å²) in [7, 11) is 0. The van der Waals surface area contributed by atoms with Crippen molar-refractivity contribution >= 4 is 5.91 Å². The standard InChI is InChI=1S/C16H31N3O/c1-3-8-19-9-6-14(7-10-19)18-16(20)13-4-5-15(17)12(2)11-13/h12-15H,3-11,17H2,1-2H3,(H,18,20). The number of nitrogens with one attached hydrogen (secondary N) is 1. The van der Waals surface area contributed by atoms with E-state index in [9.17, 15) is 4.79 Å². The molecule has 2 rings (SSSR count). The summed E-state index contributed by atoms with van der Waals surface area (Å²) in [5.74, 6) is 0.946. The number of piperidine rings is 1. The molecule has 1 saturated carbocycles. The molecule has 3 atom stereocenters.